The van der Waals surface area contributed by atoms with Gasteiger partial charge in [0.2, 0.25) is 0 Å². The Morgan fingerprint density at radius 1 is 1.14 bits per heavy atom. The summed E-state index contributed by atoms with van der Waals surface area (Å²) >= 11 is 0. The lowest BCUT2D eigenvalue weighted by Crippen LogP contribution is -1.94. The number of allylic oxidation sites excluding steroid dienone is 3. The van der Waals surface area contributed by atoms with Gasteiger partial charge in [-0.15, -0.1) is 0 Å². The van der Waals surface area contributed by atoms with Crippen LogP contribution in [0.2, 0.25) is 0 Å². The van der Waals surface area contributed by atoms with E-state index in [1.807, 2.05) is 32.9 Å². The summed E-state index contributed by atoms with van der Waals surface area (Å²) in [5.41, 5.74) is 6.40. The van der Waals surface area contributed by atoms with Gasteiger partial charge in [-0.1, -0.05) is 6.08 Å². The Morgan fingerprint density at radius 2 is 2.00 bits per heavy atom. The van der Waals surface area contributed by atoms with Crippen molar-refractivity contribution in [3.8, 4) is 17.1 Å². The minimum Gasteiger partial charge on any atom is -0.492 e. The highest BCUT2D eigenvalue weighted by atomic mass is 16.5. The SMILES string of the molecule is CCOc1cc(-c2ccc(C)[nH]2)[nH]c1C/C=C1/C=CC(C)=N1. The van der Waals surface area contributed by atoms with Crippen molar-refractivity contribution in [1.29, 1.82) is 0 Å². The fraction of sp³-hybridized carbons (Fsp3) is 0.278. The molecule has 0 aliphatic carbocycles. The van der Waals surface area contributed by atoms with Gasteiger partial charge >= 0.3 is 0 Å². The van der Waals surface area contributed by atoms with E-state index >= 15 is 0 Å². The van der Waals surface area contributed by atoms with E-state index < -0.39 is 0 Å². The van der Waals surface area contributed by atoms with E-state index in [-0.39, 0.29) is 0 Å². The second-order valence-corrected chi connectivity index (χ2v) is 5.43. The zero-order valence-corrected chi connectivity index (χ0v) is 13.2. The predicted octanol–water partition coefficient (Wildman–Crippen LogP) is 4.17. The van der Waals surface area contributed by atoms with Crippen LogP contribution in [-0.2, 0) is 6.42 Å². The summed E-state index contributed by atoms with van der Waals surface area (Å²) in [4.78, 5) is 11.3. The maximum atomic E-state index is 5.75. The third kappa shape index (κ3) is 3.06. The van der Waals surface area contributed by atoms with E-state index in [0.29, 0.717) is 6.61 Å². The average Bonchev–Trinajstić information content (AvgIpc) is 3.18. The van der Waals surface area contributed by atoms with E-state index in [0.717, 1.165) is 46.4 Å². The monoisotopic (exact) mass is 295 g/mol. The van der Waals surface area contributed by atoms with Crippen molar-refractivity contribution in [3.05, 3.63) is 53.5 Å². The van der Waals surface area contributed by atoms with Crippen molar-refractivity contribution in [2.45, 2.75) is 27.2 Å². The van der Waals surface area contributed by atoms with Crippen LogP contribution in [0.4, 0.5) is 0 Å². The van der Waals surface area contributed by atoms with E-state index in [1.165, 1.54) is 0 Å². The molecule has 0 spiro atoms. The molecule has 0 unspecified atom stereocenters. The van der Waals surface area contributed by atoms with Gasteiger partial charge in [-0.2, -0.15) is 0 Å². The summed E-state index contributed by atoms with van der Waals surface area (Å²) in [6.07, 6.45) is 6.95. The third-order valence-corrected chi connectivity index (χ3v) is 3.60. The van der Waals surface area contributed by atoms with E-state index in [1.54, 1.807) is 0 Å². The van der Waals surface area contributed by atoms with Crippen LogP contribution in [0, 0.1) is 6.92 Å². The first-order valence-corrected chi connectivity index (χ1v) is 7.60. The lowest BCUT2D eigenvalue weighted by molar-refractivity contribution is 0.337. The van der Waals surface area contributed by atoms with Gasteiger partial charge in [0.25, 0.3) is 0 Å². The number of nitrogens with zero attached hydrogens (tertiary/aromatic N) is 1. The van der Waals surface area contributed by atoms with Crippen molar-refractivity contribution in [1.82, 2.24) is 9.97 Å². The Hall–Kier alpha value is -2.49. The van der Waals surface area contributed by atoms with Crippen LogP contribution in [0.3, 0.4) is 0 Å². The minimum atomic E-state index is 0.655. The first-order chi connectivity index (χ1) is 10.7. The molecular weight excluding hydrogens is 274 g/mol. The number of aryl methyl sites for hydroxylation is 1. The first-order valence-electron chi connectivity index (χ1n) is 7.60. The number of aromatic amines is 2. The van der Waals surface area contributed by atoms with E-state index in [2.05, 4.69) is 39.2 Å². The largest absolute Gasteiger partial charge is 0.492 e. The Balaban J connectivity index is 1.86. The molecule has 1 aliphatic heterocycles. The molecule has 4 heteroatoms. The highest BCUT2D eigenvalue weighted by Gasteiger charge is 2.11. The van der Waals surface area contributed by atoms with Gasteiger partial charge in [0.15, 0.2) is 0 Å². The fourth-order valence-electron chi connectivity index (χ4n) is 2.53. The maximum absolute atomic E-state index is 5.75. The number of hydrogen-bond acceptors (Lipinski definition) is 2. The smallest absolute Gasteiger partial charge is 0.140 e. The van der Waals surface area contributed by atoms with Crippen LogP contribution in [-0.4, -0.2) is 22.3 Å². The van der Waals surface area contributed by atoms with Crippen LogP contribution in [0.25, 0.3) is 11.4 Å². The standard InChI is InChI=1S/C18H21N3O/c1-4-22-18-11-17(15-9-6-13(3)20-15)21-16(18)10-8-14-7-5-12(2)19-14/h5-9,11,20-21H,4,10H2,1-3H3/b14-8-. The average molecular weight is 295 g/mol. The number of nitrogens with one attached hydrogen (secondary N) is 2. The molecule has 22 heavy (non-hydrogen) atoms. The number of hydrogen-bond donors (Lipinski definition) is 2. The Labute approximate surface area is 130 Å². The molecule has 2 aromatic heterocycles. The molecule has 0 amide bonds. The first kappa shape index (κ1) is 14.4. The number of rotatable bonds is 5. The van der Waals surface area contributed by atoms with Crippen molar-refractivity contribution in [3.63, 3.8) is 0 Å². The van der Waals surface area contributed by atoms with Gasteiger partial charge in [0, 0.05) is 23.9 Å². The molecule has 0 bridgehead atoms. The molecule has 2 N–H and O–H groups in total. The lowest BCUT2D eigenvalue weighted by atomic mass is 10.2. The molecule has 0 radical (unpaired) electrons. The lowest BCUT2D eigenvalue weighted by Gasteiger charge is -2.02. The van der Waals surface area contributed by atoms with Crippen LogP contribution in [0.1, 0.15) is 25.2 Å². The molecule has 2 aromatic rings. The van der Waals surface area contributed by atoms with Crippen LogP contribution >= 0.6 is 0 Å². The second kappa shape index (κ2) is 6.10. The van der Waals surface area contributed by atoms with Crippen LogP contribution < -0.4 is 4.74 Å². The van der Waals surface area contributed by atoms with Crippen LogP contribution in [0.15, 0.2) is 47.1 Å². The van der Waals surface area contributed by atoms with Crippen molar-refractivity contribution < 1.29 is 4.74 Å². The molecule has 0 saturated heterocycles. The Bertz CT molecular complexity index is 759. The third-order valence-electron chi connectivity index (χ3n) is 3.60. The van der Waals surface area contributed by atoms with Crippen molar-refractivity contribution in [2.75, 3.05) is 6.61 Å². The molecular formula is C18H21N3O. The van der Waals surface area contributed by atoms with Gasteiger partial charge < -0.3 is 14.7 Å². The number of aliphatic imine (C=N–C) groups is 1. The van der Waals surface area contributed by atoms with Gasteiger partial charge in [-0.25, -0.2) is 0 Å². The molecule has 0 fully saturated rings. The summed E-state index contributed by atoms with van der Waals surface area (Å²) in [6, 6.07) is 6.20. The molecule has 3 rings (SSSR count). The number of ether oxygens (including phenoxy) is 1. The molecule has 4 nitrogen and oxygen atoms in total. The molecule has 0 atom stereocenters. The number of H-pyrrole nitrogens is 2. The fourth-order valence-corrected chi connectivity index (χ4v) is 2.53. The second-order valence-electron chi connectivity index (χ2n) is 5.43. The van der Waals surface area contributed by atoms with Crippen molar-refractivity contribution in [2.24, 2.45) is 4.99 Å². The summed E-state index contributed by atoms with van der Waals surface area (Å²) in [5.74, 6) is 0.907. The zero-order chi connectivity index (χ0) is 15.5. The van der Waals surface area contributed by atoms with Crippen LogP contribution in [0.5, 0.6) is 5.75 Å². The van der Waals surface area contributed by atoms with Crippen molar-refractivity contribution >= 4 is 5.71 Å². The molecule has 114 valence electrons. The molecule has 1 aliphatic rings. The molecule has 0 saturated carbocycles. The Kier molecular flexibility index (Phi) is 4.00. The quantitative estimate of drug-likeness (QED) is 0.854. The topological polar surface area (TPSA) is 53.2 Å². The normalized spacial score (nSPS) is 15.6. The maximum Gasteiger partial charge on any atom is 0.140 e. The van der Waals surface area contributed by atoms with Gasteiger partial charge in [0.1, 0.15) is 5.75 Å². The summed E-state index contributed by atoms with van der Waals surface area (Å²) in [7, 11) is 0. The Morgan fingerprint density at radius 3 is 2.64 bits per heavy atom. The molecule has 0 aromatic carbocycles. The zero-order valence-electron chi connectivity index (χ0n) is 13.2. The van der Waals surface area contributed by atoms with Gasteiger partial charge in [-0.3, -0.25) is 4.99 Å². The molecule has 3 heterocycles. The highest BCUT2D eigenvalue weighted by Crippen LogP contribution is 2.28. The highest BCUT2D eigenvalue weighted by molar-refractivity contribution is 5.96. The summed E-state index contributed by atoms with van der Waals surface area (Å²) in [6.45, 7) is 6.71. The predicted molar refractivity (Wildman–Crippen MR) is 90.5 cm³/mol. The minimum absolute atomic E-state index is 0.655. The van der Waals surface area contributed by atoms with Gasteiger partial charge in [0.05, 0.1) is 29.4 Å². The summed E-state index contributed by atoms with van der Waals surface area (Å²) in [5, 5.41) is 0. The number of aromatic nitrogens is 2. The van der Waals surface area contributed by atoms with Gasteiger partial charge in [-0.05, 0) is 45.1 Å². The van der Waals surface area contributed by atoms with E-state index in [9.17, 15) is 0 Å². The summed E-state index contributed by atoms with van der Waals surface area (Å²) < 4.78 is 5.75. The van der Waals surface area contributed by atoms with E-state index in [4.69, 9.17) is 4.74 Å².